The summed E-state index contributed by atoms with van der Waals surface area (Å²) in [4.78, 5) is 15.0. The number of hydrogen-bond acceptors (Lipinski definition) is 4. The Hall–Kier alpha value is -1.08. The monoisotopic (exact) mass is 389 g/mol. The lowest BCUT2D eigenvalue weighted by atomic mass is 10.2. The van der Waals surface area contributed by atoms with E-state index < -0.39 is 15.1 Å². The topological polar surface area (TPSA) is 54.5 Å². The van der Waals surface area contributed by atoms with Crippen molar-refractivity contribution in [3.8, 4) is 0 Å². The predicted molar refractivity (Wildman–Crippen MR) is 93.2 cm³/mol. The largest absolute Gasteiger partial charge is 0.336 e. The van der Waals surface area contributed by atoms with Crippen LogP contribution in [0.3, 0.4) is 0 Å². The van der Waals surface area contributed by atoms with Gasteiger partial charge in [0.25, 0.3) is 5.91 Å². The second-order valence-corrected chi connectivity index (χ2v) is 9.37. The number of amides is 1. The summed E-state index contributed by atoms with van der Waals surface area (Å²) in [5, 5.41) is 1.88. The van der Waals surface area contributed by atoms with E-state index in [0.29, 0.717) is 10.6 Å². The van der Waals surface area contributed by atoms with Crippen molar-refractivity contribution in [3.63, 3.8) is 0 Å². The highest BCUT2D eigenvalue weighted by molar-refractivity contribution is 7.91. The standard InChI is InChI=1S/C15H13Cl2NO3S2/c16-10-3-4-11(12(17)8-10)15(19)18-5-7-23(20,21)14(9-18)13-2-1-6-22-13/h1-4,6,8,14H,5,7,9H2/t14-/m0/s1. The van der Waals surface area contributed by atoms with E-state index in [9.17, 15) is 13.2 Å². The predicted octanol–water partition coefficient (Wildman–Crippen LogP) is 3.67. The normalized spacial score (nSPS) is 20.4. The number of benzene rings is 1. The summed E-state index contributed by atoms with van der Waals surface area (Å²) >= 11 is 13.3. The molecule has 1 aliphatic heterocycles. The van der Waals surface area contributed by atoms with Crippen molar-refractivity contribution in [2.75, 3.05) is 18.8 Å². The second-order valence-electron chi connectivity index (χ2n) is 5.25. The number of carbonyl (C=O) groups is 1. The fourth-order valence-corrected chi connectivity index (χ4v) is 5.94. The van der Waals surface area contributed by atoms with Crippen LogP contribution in [0.5, 0.6) is 0 Å². The molecule has 3 rings (SSSR count). The first-order valence-corrected chi connectivity index (χ1v) is 10.2. The van der Waals surface area contributed by atoms with E-state index >= 15 is 0 Å². The molecule has 0 spiro atoms. The van der Waals surface area contributed by atoms with Crippen LogP contribution in [0.25, 0.3) is 0 Å². The minimum absolute atomic E-state index is 0.0491. The maximum atomic E-state index is 12.7. The molecule has 0 unspecified atom stereocenters. The van der Waals surface area contributed by atoms with Crippen molar-refractivity contribution in [3.05, 3.63) is 56.2 Å². The lowest BCUT2D eigenvalue weighted by Crippen LogP contribution is -2.45. The third kappa shape index (κ3) is 3.40. The zero-order valence-electron chi connectivity index (χ0n) is 11.9. The lowest BCUT2D eigenvalue weighted by Gasteiger charge is -2.32. The van der Waals surface area contributed by atoms with Gasteiger partial charge < -0.3 is 4.90 Å². The molecule has 1 amide bonds. The summed E-state index contributed by atoms with van der Waals surface area (Å²) in [6.45, 7) is 0.308. The van der Waals surface area contributed by atoms with Gasteiger partial charge in [-0.25, -0.2) is 8.42 Å². The molecule has 1 aromatic carbocycles. The third-order valence-electron chi connectivity index (χ3n) is 3.77. The van der Waals surface area contributed by atoms with E-state index in [1.165, 1.54) is 17.4 Å². The molecule has 1 fully saturated rings. The van der Waals surface area contributed by atoms with Gasteiger partial charge >= 0.3 is 0 Å². The van der Waals surface area contributed by atoms with E-state index in [0.717, 1.165) is 4.88 Å². The molecule has 0 radical (unpaired) electrons. The van der Waals surface area contributed by atoms with Gasteiger partial charge in [-0.05, 0) is 29.6 Å². The lowest BCUT2D eigenvalue weighted by molar-refractivity contribution is 0.0759. The molecular formula is C15H13Cl2NO3S2. The van der Waals surface area contributed by atoms with Crippen LogP contribution in [-0.2, 0) is 9.84 Å². The molecule has 1 aromatic heterocycles. The Morgan fingerprint density at radius 3 is 2.70 bits per heavy atom. The fourth-order valence-electron chi connectivity index (χ4n) is 2.54. The summed E-state index contributed by atoms with van der Waals surface area (Å²) in [5.74, 6) is -0.324. The SMILES string of the molecule is O=C(c1ccc(Cl)cc1Cl)N1CCS(=O)(=O)[C@H](c2cccs2)C1. The molecule has 2 aromatic rings. The maximum absolute atomic E-state index is 12.7. The van der Waals surface area contributed by atoms with E-state index in [4.69, 9.17) is 23.2 Å². The zero-order valence-corrected chi connectivity index (χ0v) is 15.1. The molecule has 0 bridgehead atoms. The summed E-state index contributed by atoms with van der Waals surface area (Å²) < 4.78 is 24.6. The van der Waals surface area contributed by atoms with Gasteiger partial charge in [-0.3, -0.25) is 4.79 Å². The van der Waals surface area contributed by atoms with Crippen molar-refractivity contribution in [1.29, 1.82) is 0 Å². The Kier molecular flexibility index (Phi) is 4.69. The van der Waals surface area contributed by atoms with Gasteiger partial charge in [0.15, 0.2) is 9.84 Å². The Morgan fingerprint density at radius 1 is 1.26 bits per heavy atom. The average molecular weight is 390 g/mol. The van der Waals surface area contributed by atoms with E-state index in [-0.39, 0.29) is 29.8 Å². The molecule has 23 heavy (non-hydrogen) atoms. The van der Waals surface area contributed by atoms with Crippen molar-refractivity contribution in [2.24, 2.45) is 0 Å². The minimum atomic E-state index is -3.25. The van der Waals surface area contributed by atoms with Gasteiger partial charge in [0, 0.05) is 23.0 Å². The quantitative estimate of drug-likeness (QED) is 0.786. The average Bonchev–Trinajstić information content (AvgIpc) is 3.00. The van der Waals surface area contributed by atoms with Crippen molar-refractivity contribution in [1.82, 2.24) is 4.90 Å². The first-order chi connectivity index (χ1) is 10.9. The molecule has 122 valence electrons. The van der Waals surface area contributed by atoms with Gasteiger partial charge in [0.05, 0.1) is 16.3 Å². The summed E-state index contributed by atoms with van der Waals surface area (Å²) in [6.07, 6.45) is 0. The Bertz CT molecular complexity index is 834. The molecule has 8 heteroatoms. The number of sulfone groups is 1. The van der Waals surface area contributed by atoms with Crippen LogP contribution < -0.4 is 0 Å². The van der Waals surface area contributed by atoms with Crippen molar-refractivity contribution >= 4 is 50.3 Å². The molecule has 1 aliphatic rings. The van der Waals surface area contributed by atoms with Crippen LogP contribution in [0, 0.1) is 0 Å². The molecule has 2 heterocycles. The van der Waals surface area contributed by atoms with Crippen LogP contribution >= 0.6 is 34.5 Å². The Balaban J connectivity index is 1.88. The minimum Gasteiger partial charge on any atom is -0.336 e. The second kappa shape index (κ2) is 6.43. The summed E-state index contributed by atoms with van der Waals surface area (Å²) in [5.41, 5.74) is 0.334. The first kappa shape index (κ1) is 16.8. The van der Waals surface area contributed by atoms with Gasteiger partial charge in [-0.15, -0.1) is 11.3 Å². The van der Waals surface area contributed by atoms with E-state index in [1.54, 1.807) is 23.1 Å². The third-order valence-corrected chi connectivity index (χ3v) is 7.48. The number of hydrogen-bond donors (Lipinski definition) is 0. The van der Waals surface area contributed by atoms with Gasteiger partial charge in [-0.1, -0.05) is 29.3 Å². The van der Waals surface area contributed by atoms with Gasteiger partial charge in [0.1, 0.15) is 5.25 Å². The fraction of sp³-hybridized carbons (Fsp3) is 0.267. The number of thiophene rings is 1. The van der Waals surface area contributed by atoms with Crippen LogP contribution in [-0.4, -0.2) is 38.1 Å². The highest BCUT2D eigenvalue weighted by Gasteiger charge is 2.37. The number of carbonyl (C=O) groups excluding carboxylic acids is 1. The summed E-state index contributed by atoms with van der Waals surface area (Å²) in [7, 11) is -3.25. The van der Waals surface area contributed by atoms with Crippen LogP contribution in [0.2, 0.25) is 10.0 Å². The Morgan fingerprint density at radius 2 is 2.04 bits per heavy atom. The van der Waals surface area contributed by atoms with E-state index in [2.05, 4.69) is 0 Å². The van der Waals surface area contributed by atoms with Crippen LogP contribution in [0.1, 0.15) is 20.5 Å². The highest BCUT2D eigenvalue weighted by atomic mass is 35.5. The molecule has 1 saturated heterocycles. The van der Waals surface area contributed by atoms with Gasteiger partial charge in [-0.2, -0.15) is 0 Å². The molecular weight excluding hydrogens is 377 g/mol. The Labute approximate surface area is 148 Å². The smallest absolute Gasteiger partial charge is 0.255 e. The first-order valence-electron chi connectivity index (χ1n) is 6.88. The van der Waals surface area contributed by atoms with Gasteiger partial charge in [0.2, 0.25) is 0 Å². The molecule has 1 atom stereocenters. The highest BCUT2D eigenvalue weighted by Crippen LogP contribution is 2.32. The van der Waals surface area contributed by atoms with Crippen LogP contribution in [0.15, 0.2) is 35.7 Å². The number of halogens is 2. The molecule has 4 nitrogen and oxygen atoms in total. The maximum Gasteiger partial charge on any atom is 0.255 e. The summed E-state index contributed by atoms with van der Waals surface area (Å²) in [6, 6.07) is 8.27. The van der Waals surface area contributed by atoms with Crippen LogP contribution in [0.4, 0.5) is 0 Å². The zero-order chi connectivity index (χ0) is 16.6. The molecule has 0 N–H and O–H groups in total. The van der Waals surface area contributed by atoms with Crippen molar-refractivity contribution in [2.45, 2.75) is 5.25 Å². The van der Waals surface area contributed by atoms with Crippen molar-refractivity contribution < 1.29 is 13.2 Å². The number of rotatable bonds is 2. The molecule has 0 aliphatic carbocycles. The number of nitrogens with zero attached hydrogens (tertiary/aromatic N) is 1. The van der Waals surface area contributed by atoms with E-state index in [1.807, 2.05) is 11.4 Å². The molecule has 0 saturated carbocycles.